The third kappa shape index (κ3) is 3.14. The summed E-state index contributed by atoms with van der Waals surface area (Å²) in [6.45, 7) is 1.99. The Hall–Kier alpha value is -0.970. The van der Waals surface area contributed by atoms with Crippen LogP contribution in [0.25, 0.3) is 0 Å². The topological polar surface area (TPSA) is 29.1 Å². The highest BCUT2D eigenvalue weighted by Gasteiger charge is 2.41. The Morgan fingerprint density at radius 2 is 2.11 bits per heavy atom. The molecule has 1 fully saturated rings. The van der Waals surface area contributed by atoms with Crippen molar-refractivity contribution in [3.63, 3.8) is 0 Å². The number of halogens is 3. The predicted octanol–water partition coefficient (Wildman–Crippen LogP) is 3.57. The zero-order valence-electron chi connectivity index (χ0n) is 10.7. The fraction of sp³-hybridized carbons (Fsp3) is 0.500. The lowest BCUT2D eigenvalue weighted by Gasteiger charge is -2.15. The number of aryl methyl sites for hydroxylation is 1. The fourth-order valence-corrected chi connectivity index (χ4v) is 2.95. The number of nitrogens with one attached hydrogen (secondary N) is 1. The van der Waals surface area contributed by atoms with Crippen LogP contribution in [-0.4, -0.2) is 17.8 Å². The van der Waals surface area contributed by atoms with Gasteiger partial charge in [-0.1, -0.05) is 22.0 Å². The molecule has 1 aliphatic carbocycles. The first-order valence-corrected chi connectivity index (χ1v) is 7.40. The number of amides is 1. The molecule has 0 saturated heterocycles. The van der Waals surface area contributed by atoms with E-state index in [0.29, 0.717) is 6.54 Å². The minimum Gasteiger partial charge on any atom is -0.351 e. The molecule has 2 rings (SSSR count). The van der Waals surface area contributed by atoms with Crippen molar-refractivity contribution in [1.29, 1.82) is 0 Å². The second-order valence-corrected chi connectivity index (χ2v) is 5.97. The molecule has 1 N–H and O–H groups in total. The Bertz CT molecular complexity index is 500. The third-order valence-electron chi connectivity index (χ3n) is 3.72. The molecule has 0 aliphatic heterocycles. The molecular formula is C14H16BrF2NO. The molecule has 1 aromatic rings. The Kier molecular flexibility index (Phi) is 4.23. The Morgan fingerprint density at radius 1 is 1.42 bits per heavy atom. The summed E-state index contributed by atoms with van der Waals surface area (Å²) >= 11 is 3.38. The summed E-state index contributed by atoms with van der Waals surface area (Å²) in [7, 11) is 0. The van der Waals surface area contributed by atoms with Crippen molar-refractivity contribution >= 4 is 21.8 Å². The number of alkyl halides is 1. The molecule has 1 aliphatic rings. The number of benzene rings is 1. The quantitative estimate of drug-likeness (QED) is 0.821. The van der Waals surface area contributed by atoms with E-state index in [4.69, 9.17) is 0 Å². The van der Waals surface area contributed by atoms with Gasteiger partial charge < -0.3 is 5.32 Å². The van der Waals surface area contributed by atoms with Crippen LogP contribution >= 0.6 is 15.9 Å². The van der Waals surface area contributed by atoms with Gasteiger partial charge in [0.25, 0.3) is 5.91 Å². The van der Waals surface area contributed by atoms with Gasteiger partial charge in [-0.25, -0.2) is 8.78 Å². The molecule has 1 saturated carbocycles. The highest BCUT2D eigenvalue weighted by molar-refractivity contribution is 9.09. The first kappa shape index (κ1) is 14.4. The van der Waals surface area contributed by atoms with Crippen molar-refractivity contribution in [3.8, 4) is 0 Å². The summed E-state index contributed by atoms with van der Waals surface area (Å²) in [6, 6.07) is 2.45. The van der Waals surface area contributed by atoms with E-state index in [1.165, 1.54) is 13.0 Å². The Morgan fingerprint density at radius 3 is 2.68 bits per heavy atom. The Balaban J connectivity index is 2.07. The summed E-state index contributed by atoms with van der Waals surface area (Å²) in [4.78, 5) is 11.9. The van der Waals surface area contributed by atoms with E-state index in [9.17, 15) is 13.6 Å². The lowest BCUT2D eigenvalue weighted by Crippen LogP contribution is -2.31. The number of carbonyl (C=O) groups is 1. The van der Waals surface area contributed by atoms with Gasteiger partial charge in [0, 0.05) is 11.9 Å². The van der Waals surface area contributed by atoms with Crippen molar-refractivity contribution in [2.45, 2.75) is 26.2 Å². The van der Waals surface area contributed by atoms with Crippen molar-refractivity contribution in [2.75, 3.05) is 11.9 Å². The van der Waals surface area contributed by atoms with E-state index >= 15 is 0 Å². The monoisotopic (exact) mass is 331 g/mol. The lowest BCUT2D eigenvalue weighted by molar-refractivity contribution is 0.0935. The fourth-order valence-electron chi connectivity index (χ4n) is 2.11. The summed E-state index contributed by atoms with van der Waals surface area (Å²) in [5, 5.41) is 3.53. The molecule has 0 unspecified atom stereocenters. The Labute approximate surface area is 119 Å². The number of hydrogen-bond donors (Lipinski definition) is 1. The number of carbonyl (C=O) groups excluding carboxylic acids is 1. The van der Waals surface area contributed by atoms with Gasteiger partial charge in [0.15, 0.2) is 0 Å². The van der Waals surface area contributed by atoms with Crippen LogP contribution in [0.3, 0.4) is 0 Å². The average molecular weight is 332 g/mol. The van der Waals surface area contributed by atoms with Crippen LogP contribution in [0, 0.1) is 24.0 Å². The summed E-state index contributed by atoms with van der Waals surface area (Å²) < 4.78 is 27.3. The van der Waals surface area contributed by atoms with Crippen LogP contribution in [0.2, 0.25) is 0 Å². The maximum absolute atomic E-state index is 13.8. The number of rotatable bonds is 5. The predicted molar refractivity (Wildman–Crippen MR) is 73.5 cm³/mol. The molecule has 1 amide bonds. The molecule has 0 aromatic heterocycles. The van der Waals surface area contributed by atoms with Crippen LogP contribution in [0.5, 0.6) is 0 Å². The summed E-state index contributed by atoms with van der Waals surface area (Å²) in [5.41, 5.74) is -0.0848. The lowest BCUT2D eigenvalue weighted by atomic mass is 10.0. The van der Waals surface area contributed by atoms with E-state index in [-0.39, 0.29) is 11.0 Å². The molecule has 0 spiro atoms. The van der Waals surface area contributed by atoms with Crippen molar-refractivity contribution in [3.05, 3.63) is 34.9 Å². The molecule has 1 aromatic carbocycles. The van der Waals surface area contributed by atoms with Gasteiger partial charge in [0.1, 0.15) is 17.2 Å². The average Bonchev–Trinajstić information content (AvgIpc) is 3.13. The van der Waals surface area contributed by atoms with Crippen LogP contribution in [-0.2, 0) is 0 Å². The van der Waals surface area contributed by atoms with Gasteiger partial charge in [0.05, 0.1) is 0 Å². The van der Waals surface area contributed by atoms with Gasteiger partial charge >= 0.3 is 0 Å². The molecule has 104 valence electrons. The van der Waals surface area contributed by atoms with Gasteiger partial charge in [-0.15, -0.1) is 0 Å². The van der Waals surface area contributed by atoms with Gasteiger partial charge in [0.2, 0.25) is 0 Å². The molecule has 0 bridgehead atoms. The smallest absolute Gasteiger partial charge is 0.257 e. The number of hydrogen-bond acceptors (Lipinski definition) is 1. The largest absolute Gasteiger partial charge is 0.351 e. The summed E-state index contributed by atoms with van der Waals surface area (Å²) in [6.07, 6.45) is 3.07. The minimum absolute atomic E-state index is 0.121. The standard InChI is InChI=1S/C14H16BrF2NO/c1-9-2-3-10(16)11(12(9)17)13(19)18-8-14(4-5-14)6-7-15/h2-3H,4-8H2,1H3,(H,18,19). The molecule has 2 nitrogen and oxygen atoms in total. The van der Waals surface area contributed by atoms with Crippen LogP contribution in [0.15, 0.2) is 12.1 Å². The van der Waals surface area contributed by atoms with E-state index in [0.717, 1.165) is 30.7 Å². The van der Waals surface area contributed by atoms with Crippen molar-refractivity contribution < 1.29 is 13.6 Å². The maximum Gasteiger partial charge on any atom is 0.257 e. The van der Waals surface area contributed by atoms with Crippen molar-refractivity contribution in [1.82, 2.24) is 5.32 Å². The van der Waals surface area contributed by atoms with Crippen molar-refractivity contribution in [2.24, 2.45) is 5.41 Å². The molecule has 0 atom stereocenters. The third-order valence-corrected chi connectivity index (χ3v) is 4.11. The normalized spacial score (nSPS) is 16.2. The molecule has 5 heteroatoms. The SMILES string of the molecule is Cc1ccc(F)c(C(=O)NCC2(CCBr)CC2)c1F. The zero-order chi connectivity index (χ0) is 14.0. The highest BCUT2D eigenvalue weighted by atomic mass is 79.9. The van der Waals surface area contributed by atoms with Crippen LogP contribution < -0.4 is 5.32 Å². The highest BCUT2D eigenvalue weighted by Crippen LogP contribution is 2.48. The van der Waals surface area contributed by atoms with E-state index in [2.05, 4.69) is 21.2 Å². The van der Waals surface area contributed by atoms with Crippen LogP contribution in [0.1, 0.15) is 35.2 Å². The van der Waals surface area contributed by atoms with Crippen LogP contribution in [0.4, 0.5) is 8.78 Å². The molecular weight excluding hydrogens is 316 g/mol. The van der Waals surface area contributed by atoms with Gasteiger partial charge in [-0.2, -0.15) is 0 Å². The van der Waals surface area contributed by atoms with E-state index in [1.54, 1.807) is 0 Å². The second-order valence-electron chi connectivity index (χ2n) is 5.17. The van der Waals surface area contributed by atoms with Gasteiger partial charge in [-0.05, 0) is 43.2 Å². The molecule has 0 radical (unpaired) electrons. The van der Waals surface area contributed by atoms with Gasteiger partial charge in [-0.3, -0.25) is 4.79 Å². The first-order chi connectivity index (χ1) is 8.99. The molecule has 0 heterocycles. The second kappa shape index (κ2) is 5.57. The minimum atomic E-state index is -0.814. The first-order valence-electron chi connectivity index (χ1n) is 6.28. The molecule has 19 heavy (non-hydrogen) atoms. The van der Waals surface area contributed by atoms with E-state index in [1.807, 2.05) is 0 Å². The zero-order valence-corrected chi connectivity index (χ0v) is 12.3. The van der Waals surface area contributed by atoms with E-state index < -0.39 is 23.1 Å². The summed E-state index contributed by atoms with van der Waals surface area (Å²) in [5.74, 6) is -2.26. The maximum atomic E-state index is 13.8.